The normalized spacial score (nSPS) is 9.95. The molecule has 0 saturated heterocycles. The molecule has 0 atom stereocenters. The van der Waals surface area contributed by atoms with E-state index in [1.807, 2.05) is 0 Å². The van der Waals surface area contributed by atoms with Crippen LogP contribution in [-0.4, -0.2) is 15.8 Å². The van der Waals surface area contributed by atoms with Crippen LogP contribution in [-0.2, 0) is 0 Å². The van der Waals surface area contributed by atoms with Crippen LogP contribution in [0.1, 0.15) is 10.4 Å². The zero-order valence-electron chi connectivity index (χ0n) is 9.54. The van der Waals surface area contributed by atoms with E-state index in [2.05, 4.69) is 10.3 Å². The van der Waals surface area contributed by atoms with Crippen molar-refractivity contribution in [3.63, 3.8) is 0 Å². The first-order valence-corrected chi connectivity index (χ1v) is 5.61. The summed E-state index contributed by atoms with van der Waals surface area (Å²) < 4.78 is 0. The van der Waals surface area contributed by atoms with E-state index in [0.717, 1.165) is 0 Å². The lowest BCUT2D eigenvalue weighted by Gasteiger charge is -2.06. The predicted octanol–water partition coefficient (Wildman–Crippen LogP) is 2.90. The number of pyridine rings is 1. The van der Waals surface area contributed by atoms with Crippen molar-refractivity contribution in [2.24, 2.45) is 0 Å². The number of hydrogen-bond acceptors (Lipinski definition) is 4. The molecule has 0 aliphatic carbocycles. The number of aromatic nitrogens is 1. The molecule has 1 heterocycles. The van der Waals surface area contributed by atoms with Gasteiger partial charge in [-0.1, -0.05) is 17.7 Å². The monoisotopic (exact) mass is 277 g/mol. The van der Waals surface area contributed by atoms with Crippen LogP contribution in [0.25, 0.3) is 0 Å². The van der Waals surface area contributed by atoms with Gasteiger partial charge in [0.05, 0.1) is 9.95 Å². The maximum absolute atomic E-state index is 12.0. The Labute approximate surface area is 113 Å². The second kappa shape index (κ2) is 5.45. The maximum atomic E-state index is 12.0. The van der Waals surface area contributed by atoms with Crippen molar-refractivity contribution >= 4 is 28.9 Å². The van der Waals surface area contributed by atoms with Gasteiger partial charge in [0, 0.05) is 24.1 Å². The Morgan fingerprint density at radius 1 is 1.26 bits per heavy atom. The Balaban J connectivity index is 2.36. The molecule has 0 spiro atoms. The van der Waals surface area contributed by atoms with Crippen LogP contribution in [0.15, 0.2) is 42.7 Å². The van der Waals surface area contributed by atoms with Gasteiger partial charge in [-0.15, -0.1) is 0 Å². The summed E-state index contributed by atoms with van der Waals surface area (Å²) in [6.45, 7) is 0. The molecule has 6 nitrogen and oxygen atoms in total. The lowest BCUT2D eigenvalue weighted by molar-refractivity contribution is -0.385. The number of rotatable bonds is 3. The van der Waals surface area contributed by atoms with Crippen molar-refractivity contribution in [3.05, 3.63) is 63.4 Å². The second-order valence-corrected chi connectivity index (χ2v) is 3.99. The molecule has 96 valence electrons. The van der Waals surface area contributed by atoms with Gasteiger partial charge in [0.25, 0.3) is 11.6 Å². The number of carbonyl (C=O) groups is 1. The van der Waals surface area contributed by atoms with Gasteiger partial charge < -0.3 is 5.32 Å². The topological polar surface area (TPSA) is 85.1 Å². The smallest absolute Gasteiger partial charge is 0.283 e. The molecular formula is C12H8ClN3O3. The average molecular weight is 278 g/mol. The third kappa shape index (κ3) is 2.86. The van der Waals surface area contributed by atoms with Crippen LogP contribution in [0.3, 0.4) is 0 Å². The van der Waals surface area contributed by atoms with E-state index in [1.165, 1.54) is 30.6 Å². The number of nitro groups is 1. The molecule has 0 saturated carbocycles. The van der Waals surface area contributed by atoms with Crippen LogP contribution >= 0.6 is 11.6 Å². The SMILES string of the molecule is O=C(Nc1ccncc1)c1c(Cl)cccc1[N+](=O)[O-]. The predicted molar refractivity (Wildman–Crippen MR) is 70.3 cm³/mol. The maximum Gasteiger partial charge on any atom is 0.283 e. The Kier molecular flexibility index (Phi) is 3.72. The summed E-state index contributed by atoms with van der Waals surface area (Å²) in [5.74, 6) is -0.636. The second-order valence-electron chi connectivity index (χ2n) is 3.58. The molecule has 2 aromatic rings. The molecule has 0 fully saturated rings. The van der Waals surface area contributed by atoms with E-state index in [9.17, 15) is 14.9 Å². The number of carbonyl (C=O) groups excluding carboxylic acids is 1. The molecule has 0 unspecified atom stereocenters. The largest absolute Gasteiger partial charge is 0.322 e. The molecule has 19 heavy (non-hydrogen) atoms. The van der Waals surface area contributed by atoms with Crippen molar-refractivity contribution in [2.45, 2.75) is 0 Å². The van der Waals surface area contributed by atoms with Gasteiger partial charge in [-0.05, 0) is 18.2 Å². The highest BCUT2D eigenvalue weighted by molar-refractivity contribution is 6.35. The van der Waals surface area contributed by atoms with Crippen molar-refractivity contribution in [3.8, 4) is 0 Å². The van der Waals surface area contributed by atoms with Gasteiger partial charge in [-0.25, -0.2) is 0 Å². The number of hydrogen-bond donors (Lipinski definition) is 1. The number of nitro benzene ring substituents is 1. The highest BCUT2D eigenvalue weighted by Gasteiger charge is 2.23. The average Bonchev–Trinajstić information content (AvgIpc) is 2.39. The lowest BCUT2D eigenvalue weighted by Crippen LogP contribution is -2.14. The van der Waals surface area contributed by atoms with Crippen LogP contribution in [0.5, 0.6) is 0 Å². The lowest BCUT2D eigenvalue weighted by atomic mass is 10.1. The Morgan fingerprint density at radius 3 is 2.58 bits per heavy atom. The Morgan fingerprint density at radius 2 is 1.95 bits per heavy atom. The third-order valence-corrected chi connectivity index (χ3v) is 2.67. The Bertz CT molecular complexity index is 631. The molecule has 1 aromatic heterocycles. The van der Waals surface area contributed by atoms with E-state index in [4.69, 9.17) is 11.6 Å². The molecule has 0 aliphatic rings. The fraction of sp³-hybridized carbons (Fsp3) is 0. The summed E-state index contributed by atoms with van der Waals surface area (Å²) in [5.41, 5.74) is -0.0146. The third-order valence-electron chi connectivity index (χ3n) is 2.35. The minimum absolute atomic E-state index is 0.0285. The Hall–Kier alpha value is -2.47. The summed E-state index contributed by atoms with van der Waals surface area (Å²) in [7, 11) is 0. The number of amides is 1. The number of nitrogens with one attached hydrogen (secondary N) is 1. The summed E-state index contributed by atoms with van der Waals surface area (Å²) in [6, 6.07) is 7.22. The van der Waals surface area contributed by atoms with Gasteiger partial charge in [-0.2, -0.15) is 0 Å². The van der Waals surface area contributed by atoms with Gasteiger partial charge in [0.1, 0.15) is 5.56 Å². The molecule has 1 N–H and O–H groups in total. The van der Waals surface area contributed by atoms with E-state index >= 15 is 0 Å². The highest BCUT2D eigenvalue weighted by atomic mass is 35.5. The van der Waals surface area contributed by atoms with Gasteiger partial charge in [-0.3, -0.25) is 19.9 Å². The summed E-state index contributed by atoms with van der Waals surface area (Å²) in [5, 5.41) is 13.4. The molecule has 2 rings (SSSR count). The van der Waals surface area contributed by atoms with Crippen molar-refractivity contribution < 1.29 is 9.72 Å². The molecule has 0 radical (unpaired) electrons. The molecule has 0 aliphatic heterocycles. The first-order valence-electron chi connectivity index (χ1n) is 5.24. The molecular weight excluding hydrogens is 270 g/mol. The minimum atomic E-state index is -0.645. The number of nitrogens with zero attached hydrogens (tertiary/aromatic N) is 2. The number of halogens is 1. The van der Waals surface area contributed by atoms with Crippen molar-refractivity contribution in [1.82, 2.24) is 4.98 Å². The van der Waals surface area contributed by atoms with Crippen molar-refractivity contribution in [2.75, 3.05) is 5.32 Å². The molecule has 1 aromatic carbocycles. The van der Waals surface area contributed by atoms with Gasteiger partial charge >= 0.3 is 0 Å². The first kappa shape index (κ1) is 13.0. The van der Waals surface area contributed by atoms with E-state index < -0.39 is 10.8 Å². The van der Waals surface area contributed by atoms with Gasteiger partial charge in [0.2, 0.25) is 0 Å². The zero-order chi connectivity index (χ0) is 13.8. The minimum Gasteiger partial charge on any atom is -0.322 e. The molecule has 0 bridgehead atoms. The van der Waals surface area contributed by atoms with Crippen molar-refractivity contribution in [1.29, 1.82) is 0 Å². The standard InChI is InChI=1S/C12H8ClN3O3/c13-9-2-1-3-10(16(18)19)11(9)12(17)15-8-4-6-14-7-5-8/h1-7H,(H,14,15,17). The van der Waals surface area contributed by atoms with E-state index in [-0.39, 0.29) is 16.3 Å². The van der Waals surface area contributed by atoms with E-state index in [1.54, 1.807) is 12.1 Å². The number of anilines is 1. The first-order chi connectivity index (χ1) is 9.09. The van der Waals surface area contributed by atoms with Gasteiger partial charge in [0.15, 0.2) is 0 Å². The molecule has 7 heteroatoms. The quantitative estimate of drug-likeness (QED) is 0.690. The summed E-state index contributed by atoms with van der Waals surface area (Å²) in [4.78, 5) is 26.1. The number of benzene rings is 1. The van der Waals surface area contributed by atoms with Crippen LogP contribution in [0.2, 0.25) is 5.02 Å². The molecule has 1 amide bonds. The highest BCUT2D eigenvalue weighted by Crippen LogP contribution is 2.26. The van der Waals surface area contributed by atoms with Crippen LogP contribution in [0.4, 0.5) is 11.4 Å². The zero-order valence-corrected chi connectivity index (χ0v) is 10.3. The van der Waals surface area contributed by atoms with E-state index in [0.29, 0.717) is 5.69 Å². The fourth-order valence-electron chi connectivity index (χ4n) is 1.52. The summed E-state index contributed by atoms with van der Waals surface area (Å²) in [6.07, 6.45) is 2.99. The van der Waals surface area contributed by atoms with Crippen LogP contribution in [0, 0.1) is 10.1 Å². The fourth-order valence-corrected chi connectivity index (χ4v) is 1.77. The van der Waals surface area contributed by atoms with Crippen LogP contribution < -0.4 is 5.32 Å². The summed E-state index contributed by atoms with van der Waals surface area (Å²) >= 11 is 5.86.